The van der Waals surface area contributed by atoms with Gasteiger partial charge in [0, 0.05) is 6.07 Å². The van der Waals surface area contributed by atoms with Crippen LogP contribution in [0.15, 0.2) is 48.5 Å². The Labute approximate surface area is 167 Å². The molecule has 0 bridgehead atoms. The summed E-state index contributed by atoms with van der Waals surface area (Å²) in [5.41, 5.74) is 0.511. The van der Waals surface area contributed by atoms with Gasteiger partial charge in [0.05, 0.1) is 16.5 Å². The number of halogens is 1. The molecule has 7 nitrogen and oxygen atoms in total. The molecule has 148 valence electrons. The zero-order valence-electron chi connectivity index (χ0n) is 15.6. The van der Waals surface area contributed by atoms with Crippen LogP contribution in [0.1, 0.15) is 42.2 Å². The highest BCUT2D eigenvalue weighted by Gasteiger charge is 2.20. The van der Waals surface area contributed by atoms with E-state index >= 15 is 0 Å². The van der Waals surface area contributed by atoms with Gasteiger partial charge < -0.3 is 10.1 Å². The van der Waals surface area contributed by atoms with Crippen molar-refractivity contribution >= 4 is 29.2 Å². The van der Waals surface area contributed by atoms with Crippen molar-refractivity contribution in [2.45, 2.75) is 26.3 Å². The molecule has 0 radical (unpaired) electrons. The van der Waals surface area contributed by atoms with Gasteiger partial charge in [-0.1, -0.05) is 55.8 Å². The van der Waals surface area contributed by atoms with E-state index in [2.05, 4.69) is 19.2 Å². The van der Waals surface area contributed by atoms with E-state index in [-0.39, 0.29) is 16.6 Å². The Bertz CT molecular complexity index is 855. The van der Waals surface area contributed by atoms with Gasteiger partial charge in [0.15, 0.2) is 6.61 Å². The van der Waals surface area contributed by atoms with Gasteiger partial charge in [-0.15, -0.1) is 0 Å². The lowest BCUT2D eigenvalue weighted by Crippen LogP contribution is -2.33. The molecule has 8 heteroatoms. The minimum Gasteiger partial charge on any atom is -0.452 e. The Morgan fingerprint density at radius 3 is 2.46 bits per heavy atom. The van der Waals surface area contributed by atoms with E-state index in [1.54, 1.807) is 0 Å². The van der Waals surface area contributed by atoms with Crippen molar-refractivity contribution < 1.29 is 19.2 Å². The van der Waals surface area contributed by atoms with Gasteiger partial charge in [0.1, 0.15) is 5.02 Å². The first-order chi connectivity index (χ1) is 13.3. The Morgan fingerprint density at radius 1 is 1.18 bits per heavy atom. The van der Waals surface area contributed by atoms with Crippen LogP contribution in [0.3, 0.4) is 0 Å². The summed E-state index contributed by atoms with van der Waals surface area (Å²) >= 11 is 5.72. The molecule has 0 aromatic heterocycles. The van der Waals surface area contributed by atoms with Gasteiger partial charge >= 0.3 is 5.97 Å². The predicted octanol–water partition coefficient (Wildman–Crippen LogP) is 4.31. The molecule has 0 saturated heterocycles. The molecule has 1 N–H and O–H groups in total. The number of nitrogens with one attached hydrogen (secondary N) is 1. The summed E-state index contributed by atoms with van der Waals surface area (Å²) < 4.78 is 4.99. The number of rotatable bonds is 8. The third kappa shape index (κ3) is 6.06. The van der Waals surface area contributed by atoms with E-state index in [1.165, 1.54) is 12.1 Å². The zero-order valence-corrected chi connectivity index (χ0v) is 16.3. The molecule has 2 rings (SSSR count). The Kier molecular flexibility index (Phi) is 7.52. The highest BCUT2D eigenvalue weighted by Crippen LogP contribution is 2.25. The highest BCUT2D eigenvalue weighted by molar-refractivity contribution is 6.32. The van der Waals surface area contributed by atoms with Crippen molar-refractivity contribution in [3.8, 4) is 0 Å². The number of nitro groups is 1. The van der Waals surface area contributed by atoms with Crippen molar-refractivity contribution in [2.75, 3.05) is 6.61 Å². The zero-order chi connectivity index (χ0) is 20.7. The summed E-state index contributed by atoms with van der Waals surface area (Å²) in [6, 6.07) is 12.9. The number of nitrogens with zero attached hydrogens (tertiary/aromatic N) is 1. The van der Waals surface area contributed by atoms with Gasteiger partial charge in [-0.2, -0.15) is 0 Å². The van der Waals surface area contributed by atoms with Crippen molar-refractivity contribution in [3.63, 3.8) is 0 Å². The summed E-state index contributed by atoms with van der Waals surface area (Å²) in [4.78, 5) is 34.6. The third-order valence-electron chi connectivity index (χ3n) is 3.96. The number of carbonyl (C=O) groups is 2. The molecule has 0 unspecified atom stereocenters. The molecule has 0 aliphatic heterocycles. The highest BCUT2D eigenvalue weighted by atomic mass is 35.5. The fraction of sp³-hybridized carbons (Fsp3) is 0.300. The summed E-state index contributed by atoms with van der Waals surface area (Å²) in [5.74, 6) is -0.941. The van der Waals surface area contributed by atoms with Crippen molar-refractivity contribution in [1.82, 2.24) is 5.32 Å². The average Bonchev–Trinajstić information content (AvgIpc) is 2.66. The average molecular weight is 405 g/mol. The smallest absolute Gasteiger partial charge is 0.338 e. The summed E-state index contributed by atoms with van der Waals surface area (Å²) in [6.45, 7) is 3.61. The number of benzene rings is 2. The maximum Gasteiger partial charge on any atom is 0.338 e. The van der Waals surface area contributed by atoms with Gasteiger partial charge in [0.25, 0.3) is 11.6 Å². The monoisotopic (exact) mass is 404 g/mol. The first-order valence-corrected chi connectivity index (χ1v) is 9.11. The van der Waals surface area contributed by atoms with Crippen LogP contribution in [0.4, 0.5) is 5.69 Å². The van der Waals surface area contributed by atoms with E-state index in [9.17, 15) is 19.7 Å². The summed E-state index contributed by atoms with van der Waals surface area (Å²) in [5, 5.41) is 13.7. The van der Waals surface area contributed by atoms with Gasteiger partial charge in [0.2, 0.25) is 0 Å². The number of hydrogen-bond donors (Lipinski definition) is 1. The van der Waals surface area contributed by atoms with E-state index in [0.717, 1.165) is 18.1 Å². The van der Waals surface area contributed by atoms with Gasteiger partial charge in [-0.3, -0.25) is 14.9 Å². The number of carbonyl (C=O) groups excluding carboxylic acids is 2. The molecule has 28 heavy (non-hydrogen) atoms. The van der Waals surface area contributed by atoms with Crippen LogP contribution in [0.25, 0.3) is 0 Å². The van der Waals surface area contributed by atoms with Crippen LogP contribution in [0, 0.1) is 16.0 Å². The van der Waals surface area contributed by atoms with Crippen LogP contribution in [0.2, 0.25) is 5.02 Å². The molecule has 0 heterocycles. The SMILES string of the molecule is CC(C)C[C@H](NC(=O)COC(=O)c1ccc(Cl)c([N+](=O)[O-])c1)c1ccccc1. The molecular formula is C20H21ClN2O5. The normalized spacial score (nSPS) is 11.7. The van der Waals surface area contributed by atoms with Crippen LogP contribution < -0.4 is 5.32 Å². The van der Waals surface area contributed by atoms with Crippen LogP contribution >= 0.6 is 11.6 Å². The van der Waals surface area contributed by atoms with Gasteiger partial charge in [-0.25, -0.2) is 4.79 Å². The number of hydrogen-bond acceptors (Lipinski definition) is 5. The second kappa shape index (κ2) is 9.85. The van der Waals surface area contributed by atoms with Crippen LogP contribution in [0.5, 0.6) is 0 Å². The van der Waals surface area contributed by atoms with Crippen molar-refractivity contribution in [3.05, 3.63) is 74.8 Å². The molecule has 1 amide bonds. The molecule has 0 aliphatic rings. The fourth-order valence-corrected chi connectivity index (χ4v) is 2.85. The maximum atomic E-state index is 12.3. The fourth-order valence-electron chi connectivity index (χ4n) is 2.67. The van der Waals surface area contributed by atoms with E-state index in [1.807, 2.05) is 30.3 Å². The third-order valence-corrected chi connectivity index (χ3v) is 4.28. The second-order valence-corrected chi connectivity index (χ2v) is 7.07. The lowest BCUT2D eigenvalue weighted by molar-refractivity contribution is -0.384. The first-order valence-electron chi connectivity index (χ1n) is 8.73. The Balaban J connectivity index is 1.99. The molecule has 1 atom stereocenters. The lowest BCUT2D eigenvalue weighted by Gasteiger charge is -2.21. The molecule has 2 aromatic rings. The number of amides is 1. The largest absolute Gasteiger partial charge is 0.452 e. The Morgan fingerprint density at radius 2 is 1.86 bits per heavy atom. The summed E-state index contributed by atoms with van der Waals surface area (Å²) in [7, 11) is 0. The topological polar surface area (TPSA) is 98.5 Å². The lowest BCUT2D eigenvalue weighted by atomic mass is 9.97. The first kappa shape index (κ1) is 21.4. The molecule has 0 saturated carbocycles. The van der Waals surface area contributed by atoms with E-state index in [0.29, 0.717) is 5.92 Å². The van der Waals surface area contributed by atoms with Crippen molar-refractivity contribution in [2.24, 2.45) is 5.92 Å². The van der Waals surface area contributed by atoms with Gasteiger partial charge in [-0.05, 0) is 30.0 Å². The Hall–Kier alpha value is -2.93. The number of esters is 1. The second-order valence-electron chi connectivity index (χ2n) is 6.66. The quantitative estimate of drug-likeness (QED) is 0.401. The molecule has 0 aliphatic carbocycles. The standard InChI is InChI=1S/C20H21ClN2O5/c1-13(2)10-17(14-6-4-3-5-7-14)22-19(24)12-28-20(25)15-8-9-16(21)18(11-15)23(26)27/h3-9,11,13,17H,10,12H2,1-2H3,(H,22,24)/t17-/m0/s1. The van der Waals surface area contributed by atoms with Crippen LogP contribution in [-0.2, 0) is 9.53 Å². The molecule has 0 spiro atoms. The summed E-state index contributed by atoms with van der Waals surface area (Å²) in [6.07, 6.45) is 0.729. The van der Waals surface area contributed by atoms with E-state index in [4.69, 9.17) is 16.3 Å². The number of ether oxygens (including phenoxy) is 1. The molecular weight excluding hydrogens is 384 g/mol. The van der Waals surface area contributed by atoms with E-state index < -0.39 is 29.1 Å². The number of nitro benzene ring substituents is 1. The maximum absolute atomic E-state index is 12.3. The molecule has 2 aromatic carbocycles. The predicted molar refractivity (Wildman–Crippen MR) is 105 cm³/mol. The van der Waals surface area contributed by atoms with Crippen molar-refractivity contribution in [1.29, 1.82) is 0 Å². The minimum absolute atomic E-state index is 0.0503. The van der Waals surface area contributed by atoms with Crippen LogP contribution in [-0.4, -0.2) is 23.4 Å². The minimum atomic E-state index is -0.838. The molecule has 0 fully saturated rings.